The van der Waals surface area contributed by atoms with Crippen molar-refractivity contribution in [3.8, 4) is 0 Å². The number of rotatable bonds is 10. The molecule has 0 saturated carbocycles. The van der Waals surface area contributed by atoms with E-state index in [1.807, 2.05) is 18.0 Å². The van der Waals surface area contributed by atoms with Crippen LogP contribution in [0.5, 0.6) is 0 Å². The van der Waals surface area contributed by atoms with Gasteiger partial charge in [-0.25, -0.2) is 0 Å². The molecule has 1 fully saturated rings. The van der Waals surface area contributed by atoms with Crippen molar-refractivity contribution < 1.29 is 4.79 Å². The first kappa shape index (κ1) is 21.0. The maximum Gasteiger partial charge on any atom is 0.222 e. The fraction of sp³-hybridized carbons (Fsp3) is 0.545. The van der Waals surface area contributed by atoms with Crippen LogP contribution in [0.4, 0.5) is 0 Å². The Balaban J connectivity index is 1.80. The molecule has 1 amide bonds. The first-order valence-electron chi connectivity index (χ1n) is 10.0. The number of nitrogens with one attached hydrogen (secondary N) is 1. The molecule has 5 heteroatoms. The molecule has 1 aliphatic rings. The van der Waals surface area contributed by atoms with Gasteiger partial charge in [0.15, 0.2) is 5.96 Å². The third-order valence-corrected chi connectivity index (χ3v) is 4.96. The molecule has 0 aromatic heterocycles. The summed E-state index contributed by atoms with van der Waals surface area (Å²) in [5, 5.41) is 3.45. The zero-order chi connectivity index (χ0) is 19.5. The fourth-order valence-corrected chi connectivity index (χ4v) is 3.42. The third kappa shape index (κ3) is 7.08. The van der Waals surface area contributed by atoms with Gasteiger partial charge in [0.05, 0.1) is 0 Å². The van der Waals surface area contributed by atoms with E-state index < -0.39 is 0 Å². The van der Waals surface area contributed by atoms with Gasteiger partial charge in [0.1, 0.15) is 0 Å². The van der Waals surface area contributed by atoms with Crippen molar-refractivity contribution in [2.45, 2.75) is 51.6 Å². The average Bonchev–Trinajstić information content (AvgIpc) is 3.07. The number of benzene rings is 1. The van der Waals surface area contributed by atoms with Gasteiger partial charge in [0.25, 0.3) is 0 Å². The Morgan fingerprint density at radius 3 is 2.85 bits per heavy atom. The number of hydrogen-bond donors (Lipinski definition) is 1. The Bertz CT molecular complexity index is 641. The molecule has 1 aromatic rings. The predicted octanol–water partition coefficient (Wildman–Crippen LogP) is 3.56. The molecule has 1 aromatic carbocycles. The Labute approximate surface area is 164 Å². The molecule has 0 radical (unpaired) electrons. The summed E-state index contributed by atoms with van der Waals surface area (Å²) < 4.78 is 0. The third-order valence-electron chi connectivity index (χ3n) is 4.96. The average molecular weight is 371 g/mol. The van der Waals surface area contributed by atoms with Gasteiger partial charge in [0.2, 0.25) is 5.91 Å². The minimum absolute atomic E-state index is 0.272. The number of aliphatic imine (C=N–C) groups is 1. The number of amides is 1. The van der Waals surface area contributed by atoms with Gasteiger partial charge in [-0.2, -0.15) is 0 Å². The number of allylic oxidation sites excluding steroid dienone is 1. The highest BCUT2D eigenvalue weighted by molar-refractivity contribution is 5.79. The maximum absolute atomic E-state index is 11.8. The first-order chi connectivity index (χ1) is 13.1. The van der Waals surface area contributed by atoms with Gasteiger partial charge in [-0.1, -0.05) is 36.8 Å². The molecule has 0 atom stereocenters. The highest BCUT2D eigenvalue weighted by atomic mass is 16.2. The number of guanidine groups is 1. The Hall–Kier alpha value is -2.30. The molecule has 1 aliphatic heterocycles. The minimum Gasteiger partial charge on any atom is -0.352 e. The summed E-state index contributed by atoms with van der Waals surface area (Å²) >= 11 is 0. The van der Waals surface area contributed by atoms with Crippen molar-refractivity contribution >= 4 is 11.9 Å². The molecule has 0 aliphatic carbocycles. The van der Waals surface area contributed by atoms with Crippen LogP contribution in [0.3, 0.4) is 0 Å². The largest absolute Gasteiger partial charge is 0.352 e. The normalized spacial score (nSPS) is 14.5. The molecule has 148 valence electrons. The Morgan fingerprint density at radius 2 is 2.15 bits per heavy atom. The number of likely N-dealkylation sites (tertiary alicyclic amines) is 1. The van der Waals surface area contributed by atoms with E-state index in [-0.39, 0.29) is 5.91 Å². The standard InChI is InChI=1S/C22H34N4O/c1-4-5-6-7-8-14-25(3)22(23-2)24-17-19-11-9-12-20(16-19)18-26-15-10-13-21(26)27/h4,9,11-12,16H,1,5-8,10,13-15,17-18H2,2-3H3,(H,23,24). The van der Waals surface area contributed by atoms with Gasteiger partial charge >= 0.3 is 0 Å². The van der Waals surface area contributed by atoms with Crippen molar-refractivity contribution in [1.82, 2.24) is 15.1 Å². The molecule has 5 nitrogen and oxygen atoms in total. The minimum atomic E-state index is 0.272. The highest BCUT2D eigenvalue weighted by Crippen LogP contribution is 2.15. The lowest BCUT2D eigenvalue weighted by Crippen LogP contribution is -2.39. The van der Waals surface area contributed by atoms with E-state index in [9.17, 15) is 4.79 Å². The van der Waals surface area contributed by atoms with E-state index in [4.69, 9.17) is 0 Å². The lowest BCUT2D eigenvalue weighted by Gasteiger charge is -2.22. The summed E-state index contributed by atoms with van der Waals surface area (Å²) in [6.07, 6.45) is 8.33. The predicted molar refractivity (Wildman–Crippen MR) is 113 cm³/mol. The smallest absolute Gasteiger partial charge is 0.222 e. The summed E-state index contributed by atoms with van der Waals surface area (Å²) in [6, 6.07) is 8.46. The summed E-state index contributed by atoms with van der Waals surface area (Å²) in [5.41, 5.74) is 2.40. The second-order valence-corrected chi connectivity index (χ2v) is 7.20. The zero-order valence-electron chi connectivity index (χ0n) is 16.9. The van der Waals surface area contributed by atoms with E-state index in [0.29, 0.717) is 13.0 Å². The van der Waals surface area contributed by atoms with Crippen LogP contribution in [0.1, 0.15) is 49.7 Å². The van der Waals surface area contributed by atoms with Crippen LogP contribution in [0.25, 0.3) is 0 Å². The number of carbonyl (C=O) groups is 1. The fourth-order valence-electron chi connectivity index (χ4n) is 3.42. The molecule has 2 rings (SSSR count). The van der Waals surface area contributed by atoms with Crippen LogP contribution in [-0.4, -0.2) is 48.9 Å². The van der Waals surface area contributed by atoms with Crippen LogP contribution in [0, 0.1) is 0 Å². The van der Waals surface area contributed by atoms with Gasteiger partial charge in [-0.05, 0) is 36.8 Å². The molecule has 0 spiro atoms. The van der Waals surface area contributed by atoms with Crippen molar-refractivity contribution in [1.29, 1.82) is 0 Å². The molecule has 0 bridgehead atoms. The summed E-state index contributed by atoms with van der Waals surface area (Å²) in [6.45, 7) is 7.09. The summed E-state index contributed by atoms with van der Waals surface area (Å²) in [5.74, 6) is 1.19. The van der Waals surface area contributed by atoms with E-state index in [2.05, 4.69) is 53.1 Å². The lowest BCUT2D eigenvalue weighted by molar-refractivity contribution is -0.128. The maximum atomic E-state index is 11.8. The topological polar surface area (TPSA) is 47.9 Å². The second kappa shape index (κ2) is 11.4. The van der Waals surface area contributed by atoms with E-state index in [1.54, 1.807) is 0 Å². The van der Waals surface area contributed by atoms with E-state index in [0.717, 1.165) is 44.9 Å². The Kier molecular flexibility index (Phi) is 8.89. The van der Waals surface area contributed by atoms with Crippen molar-refractivity contribution in [2.75, 3.05) is 27.2 Å². The molecule has 1 saturated heterocycles. The van der Waals surface area contributed by atoms with Crippen LogP contribution >= 0.6 is 0 Å². The van der Waals surface area contributed by atoms with Crippen LogP contribution in [0.2, 0.25) is 0 Å². The van der Waals surface area contributed by atoms with Crippen molar-refractivity contribution in [2.24, 2.45) is 4.99 Å². The zero-order valence-corrected chi connectivity index (χ0v) is 16.9. The van der Waals surface area contributed by atoms with Crippen molar-refractivity contribution in [3.05, 3.63) is 48.0 Å². The quantitative estimate of drug-likeness (QED) is 0.296. The molecule has 27 heavy (non-hydrogen) atoms. The number of nitrogens with zero attached hydrogens (tertiary/aromatic N) is 3. The number of unbranched alkanes of at least 4 members (excludes halogenated alkanes) is 3. The van der Waals surface area contributed by atoms with Crippen molar-refractivity contribution in [3.63, 3.8) is 0 Å². The van der Waals surface area contributed by atoms with E-state index >= 15 is 0 Å². The molecule has 1 heterocycles. The van der Waals surface area contributed by atoms with Crippen LogP contribution in [-0.2, 0) is 17.9 Å². The molecular formula is C22H34N4O. The van der Waals surface area contributed by atoms with Gasteiger partial charge in [0, 0.05) is 46.7 Å². The highest BCUT2D eigenvalue weighted by Gasteiger charge is 2.19. The molecule has 1 N–H and O–H groups in total. The van der Waals surface area contributed by atoms with Crippen LogP contribution in [0.15, 0.2) is 41.9 Å². The van der Waals surface area contributed by atoms with Gasteiger partial charge in [-0.3, -0.25) is 9.79 Å². The van der Waals surface area contributed by atoms with E-state index in [1.165, 1.54) is 24.0 Å². The number of carbonyl (C=O) groups excluding carboxylic acids is 1. The molecule has 0 unspecified atom stereocenters. The number of hydrogen-bond acceptors (Lipinski definition) is 2. The van der Waals surface area contributed by atoms with Gasteiger partial charge < -0.3 is 15.1 Å². The first-order valence-corrected chi connectivity index (χ1v) is 10.0. The summed E-state index contributed by atoms with van der Waals surface area (Å²) in [4.78, 5) is 20.4. The van der Waals surface area contributed by atoms with Crippen LogP contribution < -0.4 is 5.32 Å². The summed E-state index contributed by atoms with van der Waals surface area (Å²) in [7, 11) is 3.91. The Morgan fingerprint density at radius 1 is 1.33 bits per heavy atom. The monoisotopic (exact) mass is 370 g/mol. The molecular weight excluding hydrogens is 336 g/mol. The second-order valence-electron chi connectivity index (χ2n) is 7.20. The SMILES string of the molecule is C=CCCCCCN(C)C(=NC)NCc1cccc(CN2CCCC2=O)c1. The van der Waals surface area contributed by atoms with Gasteiger partial charge in [-0.15, -0.1) is 6.58 Å². The lowest BCUT2D eigenvalue weighted by atomic mass is 10.1.